The van der Waals surface area contributed by atoms with Crippen molar-refractivity contribution in [2.75, 3.05) is 33.8 Å². The highest BCUT2D eigenvalue weighted by Crippen LogP contribution is 2.27. The van der Waals surface area contributed by atoms with E-state index < -0.39 is 0 Å². The molecule has 1 unspecified atom stereocenters. The summed E-state index contributed by atoms with van der Waals surface area (Å²) < 4.78 is 5.20. The van der Waals surface area contributed by atoms with Gasteiger partial charge in [0.25, 0.3) is 0 Å². The molecule has 1 aliphatic rings. The Labute approximate surface area is 186 Å². The number of aromatic nitrogens is 3. The van der Waals surface area contributed by atoms with E-state index in [0.29, 0.717) is 18.4 Å². The molecule has 3 heterocycles. The van der Waals surface area contributed by atoms with Crippen molar-refractivity contribution in [1.29, 1.82) is 0 Å². The maximum atomic E-state index is 5.20. The Bertz CT molecular complexity index is 962. The quantitative estimate of drug-likeness (QED) is 0.369. The van der Waals surface area contributed by atoms with Crippen LogP contribution in [0.15, 0.2) is 46.8 Å². The molecule has 31 heavy (non-hydrogen) atoms. The number of H-pyrrole nitrogens is 1. The molecule has 1 fully saturated rings. The third kappa shape index (κ3) is 5.42. The summed E-state index contributed by atoms with van der Waals surface area (Å²) in [6.07, 6.45) is 2.55. The molecule has 3 N–H and O–H groups in total. The maximum absolute atomic E-state index is 5.20. The van der Waals surface area contributed by atoms with Gasteiger partial charge in [-0.3, -0.25) is 15.0 Å². The first-order valence-corrected chi connectivity index (χ1v) is 11.4. The summed E-state index contributed by atoms with van der Waals surface area (Å²) in [7, 11) is 3.44. The number of methoxy groups -OCH3 is 1. The number of likely N-dealkylation sites (tertiary alicyclic amines) is 1. The van der Waals surface area contributed by atoms with Crippen molar-refractivity contribution in [3.63, 3.8) is 0 Å². The van der Waals surface area contributed by atoms with Gasteiger partial charge in [0.15, 0.2) is 11.8 Å². The molecule has 0 bridgehead atoms. The summed E-state index contributed by atoms with van der Waals surface area (Å²) in [4.78, 5) is 12.9. The van der Waals surface area contributed by atoms with Crippen molar-refractivity contribution in [3.8, 4) is 17.1 Å². The van der Waals surface area contributed by atoms with Gasteiger partial charge in [-0.1, -0.05) is 6.07 Å². The van der Waals surface area contributed by atoms with Gasteiger partial charge >= 0.3 is 0 Å². The molecule has 0 saturated carbocycles. The third-order valence-electron chi connectivity index (χ3n) is 5.44. The van der Waals surface area contributed by atoms with Crippen LogP contribution in [0, 0.1) is 0 Å². The van der Waals surface area contributed by atoms with Gasteiger partial charge in [-0.2, -0.15) is 5.10 Å². The molecule has 4 rings (SSSR count). The predicted molar refractivity (Wildman–Crippen MR) is 124 cm³/mol. The van der Waals surface area contributed by atoms with Crippen molar-refractivity contribution in [2.24, 2.45) is 4.99 Å². The second-order valence-electron chi connectivity index (χ2n) is 7.42. The molecule has 164 valence electrons. The van der Waals surface area contributed by atoms with Crippen LogP contribution in [-0.4, -0.2) is 59.8 Å². The van der Waals surface area contributed by atoms with Crippen molar-refractivity contribution >= 4 is 17.3 Å². The fraction of sp³-hybridized carbons (Fsp3) is 0.409. The molecule has 8 nitrogen and oxygen atoms in total. The molecule has 0 spiro atoms. The van der Waals surface area contributed by atoms with Crippen LogP contribution >= 0.6 is 11.3 Å². The van der Waals surface area contributed by atoms with E-state index >= 15 is 0 Å². The zero-order valence-electron chi connectivity index (χ0n) is 18.0. The van der Waals surface area contributed by atoms with Crippen LogP contribution in [0.25, 0.3) is 11.4 Å². The van der Waals surface area contributed by atoms with E-state index in [-0.39, 0.29) is 0 Å². The first-order valence-electron chi connectivity index (χ1n) is 10.5. The number of nitrogens with one attached hydrogen (secondary N) is 3. The zero-order chi connectivity index (χ0) is 21.5. The van der Waals surface area contributed by atoms with E-state index in [1.54, 1.807) is 14.2 Å². The highest BCUT2D eigenvalue weighted by Gasteiger charge is 2.24. The number of thiophene rings is 1. The average molecular weight is 440 g/mol. The van der Waals surface area contributed by atoms with Crippen LogP contribution < -0.4 is 15.4 Å². The van der Waals surface area contributed by atoms with E-state index in [1.165, 1.54) is 17.7 Å². The summed E-state index contributed by atoms with van der Waals surface area (Å²) >= 11 is 1.82. The molecular formula is C22H29N7OS. The van der Waals surface area contributed by atoms with E-state index in [9.17, 15) is 0 Å². The molecule has 9 heteroatoms. The third-order valence-corrected chi connectivity index (χ3v) is 6.42. The van der Waals surface area contributed by atoms with Crippen LogP contribution in [-0.2, 0) is 6.54 Å². The standard InChI is InChI=1S/C22H29N7OS/c1-23-22(24-14-18(19-6-5-13-31-19)29-11-3-4-12-29)25-15-20-26-21(28-27-20)16-7-9-17(30-2)10-8-16/h5-10,13,18H,3-4,11-12,14-15H2,1-2H3,(H2,23,24,25)(H,26,27,28). The normalized spacial score (nSPS) is 15.7. The number of rotatable bonds is 8. The van der Waals surface area contributed by atoms with Crippen LogP contribution in [0.1, 0.15) is 29.6 Å². The van der Waals surface area contributed by atoms with Gasteiger partial charge in [0, 0.05) is 24.0 Å². The molecule has 3 aromatic rings. The number of hydrogen-bond donors (Lipinski definition) is 3. The lowest BCUT2D eigenvalue weighted by Crippen LogP contribution is -2.42. The number of nitrogens with zero attached hydrogens (tertiary/aromatic N) is 4. The Balaban J connectivity index is 1.32. The fourth-order valence-electron chi connectivity index (χ4n) is 3.77. The highest BCUT2D eigenvalue weighted by molar-refractivity contribution is 7.10. The monoisotopic (exact) mass is 439 g/mol. The summed E-state index contributed by atoms with van der Waals surface area (Å²) in [5, 5.41) is 16.3. The molecule has 1 atom stereocenters. The Morgan fingerprint density at radius 2 is 2.03 bits per heavy atom. The molecule has 0 aliphatic carbocycles. The van der Waals surface area contributed by atoms with Crippen molar-refractivity contribution in [2.45, 2.75) is 25.4 Å². The second kappa shape index (κ2) is 10.4. The van der Waals surface area contributed by atoms with Crippen LogP contribution in [0.5, 0.6) is 5.75 Å². The lowest BCUT2D eigenvalue weighted by atomic mass is 10.2. The maximum Gasteiger partial charge on any atom is 0.191 e. The summed E-state index contributed by atoms with van der Waals surface area (Å²) in [5.41, 5.74) is 0.940. The number of guanidine groups is 1. The first-order chi connectivity index (χ1) is 15.3. The van der Waals surface area contributed by atoms with Crippen molar-refractivity contribution in [1.82, 2.24) is 30.7 Å². The highest BCUT2D eigenvalue weighted by atomic mass is 32.1. The van der Waals surface area contributed by atoms with Gasteiger partial charge in [0.05, 0.1) is 19.7 Å². The number of aromatic amines is 1. The van der Waals surface area contributed by atoms with E-state index in [4.69, 9.17) is 4.74 Å². The minimum atomic E-state index is 0.369. The molecule has 1 aromatic carbocycles. The Morgan fingerprint density at radius 3 is 2.71 bits per heavy atom. The van der Waals surface area contributed by atoms with Gasteiger partial charge in [0.1, 0.15) is 11.6 Å². The van der Waals surface area contributed by atoms with Crippen LogP contribution in [0.3, 0.4) is 0 Å². The lowest BCUT2D eigenvalue weighted by Gasteiger charge is -2.27. The largest absolute Gasteiger partial charge is 0.497 e. The summed E-state index contributed by atoms with van der Waals surface area (Å²) in [6.45, 7) is 3.63. The summed E-state index contributed by atoms with van der Waals surface area (Å²) in [5.74, 6) is 2.98. The minimum absolute atomic E-state index is 0.369. The Hall–Kier alpha value is -2.91. The van der Waals surface area contributed by atoms with Crippen LogP contribution in [0.2, 0.25) is 0 Å². The Kier molecular flexibility index (Phi) is 7.16. The van der Waals surface area contributed by atoms with E-state index in [0.717, 1.165) is 42.7 Å². The van der Waals surface area contributed by atoms with Crippen LogP contribution in [0.4, 0.5) is 0 Å². The van der Waals surface area contributed by atoms with Gasteiger partial charge in [-0.05, 0) is 61.6 Å². The van der Waals surface area contributed by atoms with Gasteiger partial charge < -0.3 is 15.4 Å². The van der Waals surface area contributed by atoms with Crippen molar-refractivity contribution in [3.05, 3.63) is 52.5 Å². The van der Waals surface area contributed by atoms with E-state index in [2.05, 4.69) is 53.2 Å². The predicted octanol–water partition coefficient (Wildman–Crippen LogP) is 3.04. The fourth-order valence-corrected chi connectivity index (χ4v) is 4.63. The van der Waals surface area contributed by atoms with E-state index in [1.807, 2.05) is 35.6 Å². The molecule has 1 aliphatic heterocycles. The molecule has 0 amide bonds. The number of aliphatic imine (C=N–C) groups is 1. The van der Waals surface area contributed by atoms with Crippen molar-refractivity contribution < 1.29 is 4.74 Å². The smallest absolute Gasteiger partial charge is 0.191 e. The summed E-state index contributed by atoms with van der Waals surface area (Å²) in [6, 6.07) is 12.4. The number of ether oxygens (including phenoxy) is 1. The molecule has 2 aromatic heterocycles. The zero-order valence-corrected chi connectivity index (χ0v) is 18.8. The SMILES string of the molecule is CN=C(NCc1nc(-c2ccc(OC)cc2)n[nH]1)NCC(c1cccs1)N1CCCC1. The number of benzene rings is 1. The Morgan fingerprint density at radius 1 is 1.23 bits per heavy atom. The first kappa shape index (κ1) is 21.3. The topological polar surface area (TPSA) is 90.5 Å². The lowest BCUT2D eigenvalue weighted by molar-refractivity contribution is 0.249. The average Bonchev–Trinajstić information content (AvgIpc) is 3.59. The van der Waals surface area contributed by atoms with Gasteiger partial charge in [0.2, 0.25) is 0 Å². The van der Waals surface area contributed by atoms with Gasteiger partial charge in [-0.25, -0.2) is 4.98 Å². The second-order valence-corrected chi connectivity index (χ2v) is 8.39. The molecular weight excluding hydrogens is 410 g/mol. The number of hydrogen-bond acceptors (Lipinski definition) is 6. The molecule has 1 saturated heterocycles. The van der Waals surface area contributed by atoms with Gasteiger partial charge in [-0.15, -0.1) is 11.3 Å². The molecule has 0 radical (unpaired) electrons. The minimum Gasteiger partial charge on any atom is -0.497 e.